The fourth-order valence-electron chi connectivity index (χ4n) is 1.27. The van der Waals surface area contributed by atoms with Crippen LogP contribution in [-0.4, -0.2) is 29.5 Å². The van der Waals surface area contributed by atoms with Gasteiger partial charge in [0.1, 0.15) is 5.75 Å². The zero-order valence-corrected chi connectivity index (χ0v) is 9.39. The molecule has 0 amide bonds. The molecule has 1 aromatic rings. The molecular formula is C10H11ClF3NO2. The highest BCUT2D eigenvalue weighted by Gasteiger charge is 2.28. The summed E-state index contributed by atoms with van der Waals surface area (Å²) in [5, 5.41) is 20.3. The Hall–Kier alpha value is -0.980. The quantitative estimate of drug-likeness (QED) is 0.786. The molecule has 0 bridgehead atoms. The number of aromatic hydroxyl groups is 1. The first-order valence-corrected chi connectivity index (χ1v) is 5.10. The molecule has 0 aliphatic carbocycles. The van der Waals surface area contributed by atoms with Crippen molar-refractivity contribution in [3.63, 3.8) is 0 Å². The molecule has 0 aliphatic rings. The lowest BCUT2D eigenvalue weighted by molar-refractivity contribution is -0.126. The monoisotopic (exact) mass is 269 g/mol. The second-order valence-electron chi connectivity index (χ2n) is 3.44. The van der Waals surface area contributed by atoms with Gasteiger partial charge in [0.15, 0.2) is 0 Å². The summed E-state index contributed by atoms with van der Waals surface area (Å²) in [7, 11) is 0. The highest BCUT2D eigenvalue weighted by molar-refractivity contribution is 6.32. The van der Waals surface area contributed by atoms with Crippen molar-refractivity contribution in [2.45, 2.75) is 12.2 Å². The first kappa shape index (κ1) is 14.1. The predicted octanol–water partition coefficient (Wildman–Crippen LogP) is 2.23. The standard InChI is InChI=1S/C10H11ClF3NO2/c11-7-3-6(1-2-9(7)17)8(4-16)15-5-10(12,13)14/h1-3,8,15-17H,4-5H2. The molecule has 7 heteroatoms. The number of phenolic OH excluding ortho intramolecular Hbond substituents is 1. The molecular weight excluding hydrogens is 259 g/mol. The van der Waals surface area contributed by atoms with Gasteiger partial charge in [0.25, 0.3) is 0 Å². The van der Waals surface area contributed by atoms with Crippen molar-refractivity contribution in [2.24, 2.45) is 0 Å². The van der Waals surface area contributed by atoms with Crippen molar-refractivity contribution in [3.8, 4) is 5.75 Å². The summed E-state index contributed by atoms with van der Waals surface area (Å²) in [6, 6.07) is 3.08. The largest absolute Gasteiger partial charge is 0.506 e. The normalized spacial score (nSPS) is 13.7. The van der Waals surface area contributed by atoms with Crippen molar-refractivity contribution >= 4 is 11.6 Å². The number of phenols is 1. The van der Waals surface area contributed by atoms with Crippen LogP contribution in [0.2, 0.25) is 5.02 Å². The lowest BCUT2D eigenvalue weighted by atomic mass is 10.1. The summed E-state index contributed by atoms with van der Waals surface area (Å²) in [6.07, 6.45) is -4.35. The number of aliphatic hydroxyl groups is 1. The molecule has 1 aromatic carbocycles. The highest BCUT2D eigenvalue weighted by atomic mass is 35.5. The van der Waals surface area contributed by atoms with E-state index in [2.05, 4.69) is 5.32 Å². The van der Waals surface area contributed by atoms with Gasteiger partial charge in [-0.05, 0) is 17.7 Å². The minimum atomic E-state index is -4.35. The van der Waals surface area contributed by atoms with Gasteiger partial charge in [0.2, 0.25) is 0 Å². The van der Waals surface area contributed by atoms with E-state index >= 15 is 0 Å². The van der Waals surface area contributed by atoms with E-state index in [-0.39, 0.29) is 10.8 Å². The molecule has 0 radical (unpaired) electrons. The van der Waals surface area contributed by atoms with Crippen molar-refractivity contribution < 1.29 is 23.4 Å². The molecule has 0 saturated heterocycles. The van der Waals surface area contributed by atoms with Crippen molar-refractivity contribution in [1.82, 2.24) is 5.32 Å². The third-order valence-electron chi connectivity index (χ3n) is 2.11. The average molecular weight is 270 g/mol. The lowest BCUT2D eigenvalue weighted by Gasteiger charge is -2.18. The van der Waals surface area contributed by atoms with Crippen LogP contribution < -0.4 is 5.32 Å². The van der Waals surface area contributed by atoms with E-state index in [1.54, 1.807) is 0 Å². The minimum Gasteiger partial charge on any atom is -0.506 e. The van der Waals surface area contributed by atoms with Gasteiger partial charge in [-0.15, -0.1) is 0 Å². The molecule has 96 valence electrons. The predicted molar refractivity (Wildman–Crippen MR) is 57.0 cm³/mol. The van der Waals surface area contributed by atoms with E-state index in [0.717, 1.165) is 0 Å². The Labute approximate surface area is 101 Å². The Morgan fingerprint density at radius 3 is 2.47 bits per heavy atom. The van der Waals surface area contributed by atoms with E-state index < -0.39 is 25.4 Å². The molecule has 0 fully saturated rings. The van der Waals surface area contributed by atoms with Gasteiger partial charge in [-0.25, -0.2) is 0 Å². The Balaban J connectivity index is 2.76. The lowest BCUT2D eigenvalue weighted by Crippen LogP contribution is -2.33. The molecule has 0 spiro atoms. The van der Waals surface area contributed by atoms with Crippen molar-refractivity contribution in [1.29, 1.82) is 0 Å². The maximum absolute atomic E-state index is 12.0. The SMILES string of the molecule is OCC(NCC(F)(F)F)c1ccc(O)c(Cl)c1. The zero-order chi connectivity index (χ0) is 13.1. The van der Waals surface area contributed by atoms with Gasteiger partial charge in [0.05, 0.1) is 24.2 Å². The van der Waals surface area contributed by atoms with Gasteiger partial charge in [0, 0.05) is 0 Å². The van der Waals surface area contributed by atoms with Gasteiger partial charge in [-0.3, -0.25) is 5.32 Å². The molecule has 3 N–H and O–H groups in total. The number of rotatable bonds is 4. The van der Waals surface area contributed by atoms with Gasteiger partial charge < -0.3 is 10.2 Å². The van der Waals surface area contributed by atoms with Gasteiger partial charge in [-0.2, -0.15) is 13.2 Å². The summed E-state index contributed by atoms with van der Waals surface area (Å²) in [4.78, 5) is 0. The van der Waals surface area contributed by atoms with Crippen LogP contribution in [0.25, 0.3) is 0 Å². The Bertz CT molecular complexity index is 384. The molecule has 1 rings (SSSR count). The summed E-state index contributed by atoms with van der Waals surface area (Å²) < 4.78 is 36.0. The number of halogens is 4. The van der Waals surface area contributed by atoms with E-state index in [1.807, 2.05) is 0 Å². The molecule has 0 aromatic heterocycles. The fraction of sp³-hybridized carbons (Fsp3) is 0.400. The van der Waals surface area contributed by atoms with Crippen molar-refractivity contribution in [3.05, 3.63) is 28.8 Å². The molecule has 0 aliphatic heterocycles. The number of alkyl halides is 3. The number of benzene rings is 1. The number of aliphatic hydroxyl groups excluding tert-OH is 1. The van der Waals surface area contributed by atoms with Crippen LogP contribution in [0.5, 0.6) is 5.75 Å². The van der Waals surface area contributed by atoms with E-state index in [0.29, 0.717) is 5.56 Å². The van der Waals surface area contributed by atoms with Crippen LogP contribution >= 0.6 is 11.6 Å². The second-order valence-corrected chi connectivity index (χ2v) is 3.85. The first-order chi connectivity index (χ1) is 7.83. The molecule has 0 heterocycles. The van der Waals surface area contributed by atoms with Crippen LogP contribution in [0.3, 0.4) is 0 Å². The highest BCUT2D eigenvalue weighted by Crippen LogP contribution is 2.27. The van der Waals surface area contributed by atoms with E-state index in [9.17, 15) is 13.2 Å². The Morgan fingerprint density at radius 2 is 2.00 bits per heavy atom. The smallest absolute Gasteiger partial charge is 0.401 e. The molecule has 1 atom stereocenters. The molecule has 3 nitrogen and oxygen atoms in total. The molecule has 1 unspecified atom stereocenters. The van der Waals surface area contributed by atoms with Gasteiger partial charge in [-0.1, -0.05) is 17.7 Å². The summed E-state index contributed by atoms with van der Waals surface area (Å²) in [6.45, 7) is -1.71. The third kappa shape index (κ3) is 4.41. The maximum Gasteiger partial charge on any atom is 0.401 e. The van der Waals surface area contributed by atoms with Crippen LogP contribution in [0, 0.1) is 0 Å². The van der Waals surface area contributed by atoms with Crippen LogP contribution in [0.15, 0.2) is 18.2 Å². The molecule has 17 heavy (non-hydrogen) atoms. The topological polar surface area (TPSA) is 52.5 Å². The van der Waals surface area contributed by atoms with Crippen molar-refractivity contribution in [2.75, 3.05) is 13.2 Å². The summed E-state index contributed by atoms with van der Waals surface area (Å²) in [5.74, 6) is -0.164. The second kappa shape index (κ2) is 5.57. The number of hydrogen-bond donors (Lipinski definition) is 3. The number of nitrogens with one attached hydrogen (secondary N) is 1. The van der Waals surface area contributed by atoms with Crippen LogP contribution in [-0.2, 0) is 0 Å². The Kier molecular flexibility index (Phi) is 4.62. The van der Waals surface area contributed by atoms with Gasteiger partial charge >= 0.3 is 6.18 Å². The third-order valence-corrected chi connectivity index (χ3v) is 2.41. The van der Waals surface area contributed by atoms with E-state index in [4.69, 9.17) is 21.8 Å². The fourth-order valence-corrected chi connectivity index (χ4v) is 1.46. The summed E-state index contributed by atoms with van der Waals surface area (Å²) in [5.41, 5.74) is 0.375. The maximum atomic E-state index is 12.0. The van der Waals surface area contributed by atoms with Crippen LogP contribution in [0.1, 0.15) is 11.6 Å². The minimum absolute atomic E-state index is 0.0229. The first-order valence-electron chi connectivity index (χ1n) is 4.73. The Morgan fingerprint density at radius 1 is 1.35 bits per heavy atom. The molecule has 0 saturated carbocycles. The number of hydrogen-bond acceptors (Lipinski definition) is 3. The van der Waals surface area contributed by atoms with Crippen LogP contribution in [0.4, 0.5) is 13.2 Å². The summed E-state index contributed by atoms with van der Waals surface area (Å²) >= 11 is 5.62. The zero-order valence-electron chi connectivity index (χ0n) is 8.63. The van der Waals surface area contributed by atoms with E-state index in [1.165, 1.54) is 18.2 Å². The average Bonchev–Trinajstić information content (AvgIpc) is 2.22.